The van der Waals surface area contributed by atoms with Crippen LogP contribution in [-0.4, -0.2) is 17.3 Å². The van der Waals surface area contributed by atoms with Crippen LogP contribution in [0.1, 0.15) is 32.6 Å². The predicted molar refractivity (Wildman–Crippen MR) is 64.4 cm³/mol. The van der Waals surface area contributed by atoms with Crippen molar-refractivity contribution in [2.24, 2.45) is 5.92 Å². The van der Waals surface area contributed by atoms with Crippen LogP contribution in [0.25, 0.3) is 0 Å². The first-order valence-corrected chi connectivity index (χ1v) is 6.40. The van der Waals surface area contributed by atoms with Crippen LogP contribution >= 0.6 is 0 Å². The summed E-state index contributed by atoms with van der Waals surface area (Å²) in [5.74, 6) is -0.767. The van der Waals surface area contributed by atoms with Gasteiger partial charge in [-0.2, -0.15) is 0 Å². The van der Waals surface area contributed by atoms with Crippen LogP contribution in [-0.2, 0) is 0 Å². The van der Waals surface area contributed by atoms with E-state index in [4.69, 9.17) is 4.74 Å². The number of ether oxygens (including phenoxy) is 1. The lowest BCUT2D eigenvalue weighted by Crippen LogP contribution is -2.38. The van der Waals surface area contributed by atoms with Crippen LogP contribution in [0.4, 0.5) is 8.78 Å². The van der Waals surface area contributed by atoms with Crippen molar-refractivity contribution in [3.8, 4) is 5.75 Å². The number of aliphatic hydroxyl groups excluding tert-OH is 1. The summed E-state index contributed by atoms with van der Waals surface area (Å²) in [5, 5.41) is 9.86. The molecule has 1 aromatic carbocycles. The fourth-order valence-corrected chi connectivity index (χ4v) is 2.42. The molecule has 0 spiro atoms. The van der Waals surface area contributed by atoms with Crippen LogP contribution in [0, 0.1) is 17.6 Å². The lowest BCUT2D eigenvalue weighted by atomic mass is 9.84. The van der Waals surface area contributed by atoms with Crippen LogP contribution in [0.5, 0.6) is 5.75 Å². The minimum atomic E-state index is -0.601. The maximum absolute atomic E-state index is 13.5. The topological polar surface area (TPSA) is 29.5 Å². The Morgan fingerprint density at radius 2 is 2.11 bits per heavy atom. The summed E-state index contributed by atoms with van der Waals surface area (Å²) < 4.78 is 31.9. The molecule has 3 atom stereocenters. The molecule has 0 saturated heterocycles. The van der Waals surface area contributed by atoms with Gasteiger partial charge in [0.1, 0.15) is 11.9 Å². The van der Waals surface area contributed by atoms with Gasteiger partial charge in [0.15, 0.2) is 11.6 Å². The van der Waals surface area contributed by atoms with Gasteiger partial charge in [0, 0.05) is 6.07 Å². The van der Waals surface area contributed by atoms with E-state index >= 15 is 0 Å². The minimum Gasteiger partial charge on any atom is -0.485 e. The van der Waals surface area contributed by atoms with E-state index in [0.29, 0.717) is 18.8 Å². The molecule has 0 radical (unpaired) electrons. The first-order valence-electron chi connectivity index (χ1n) is 6.40. The van der Waals surface area contributed by atoms with Gasteiger partial charge in [0.25, 0.3) is 0 Å². The van der Waals surface area contributed by atoms with Gasteiger partial charge in [-0.25, -0.2) is 8.78 Å². The first-order chi connectivity index (χ1) is 8.60. The molecule has 0 aliphatic heterocycles. The molecule has 3 unspecified atom stereocenters. The molecule has 0 bridgehead atoms. The Kier molecular flexibility index (Phi) is 4.17. The molecule has 1 N–H and O–H groups in total. The maximum Gasteiger partial charge on any atom is 0.165 e. The Morgan fingerprint density at radius 3 is 2.83 bits per heavy atom. The molecule has 2 rings (SSSR count). The van der Waals surface area contributed by atoms with Crippen molar-refractivity contribution >= 4 is 0 Å². The highest BCUT2D eigenvalue weighted by atomic mass is 19.1. The molecule has 1 saturated carbocycles. The van der Waals surface area contributed by atoms with E-state index in [1.54, 1.807) is 0 Å². The van der Waals surface area contributed by atoms with E-state index in [2.05, 4.69) is 6.92 Å². The van der Waals surface area contributed by atoms with Crippen LogP contribution in [0.15, 0.2) is 18.2 Å². The molecule has 0 aromatic heterocycles. The molecule has 1 aromatic rings. The molecule has 18 heavy (non-hydrogen) atoms. The Labute approximate surface area is 106 Å². The highest BCUT2D eigenvalue weighted by Gasteiger charge is 2.30. The average Bonchev–Trinajstić information content (AvgIpc) is 2.36. The van der Waals surface area contributed by atoms with Crippen molar-refractivity contribution in [2.45, 2.75) is 44.8 Å². The van der Waals surface area contributed by atoms with Gasteiger partial charge in [-0.05, 0) is 37.3 Å². The van der Waals surface area contributed by atoms with Gasteiger partial charge in [0.2, 0.25) is 0 Å². The summed E-state index contributed by atoms with van der Waals surface area (Å²) in [6.07, 6.45) is 2.27. The number of aliphatic hydroxyl groups is 1. The van der Waals surface area contributed by atoms with E-state index in [0.717, 1.165) is 31.0 Å². The van der Waals surface area contributed by atoms with Gasteiger partial charge in [-0.15, -0.1) is 0 Å². The molecule has 2 nitrogen and oxygen atoms in total. The van der Waals surface area contributed by atoms with Crippen molar-refractivity contribution in [3.05, 3.63) is 29.8 Å². The van der Waals surface area contributed by atoms with Gasteiger partial charge in [-0.1, -0.05) is 13.3 Å². The van der Waals surface area contributed by atoms with Crippen LogP contribution < -0.4 is 4.74 Å². The predicted octanol–water partition coefficient (Wildman–Crippen LogP) is 3.28. The summed E-state index contributed by atoms with van der Waals surface area (Å²) in [6, 6.07) is 3.11. The van der Waals surface area contributed by atoms with Gasteiger partial charge in [-0.3, -0.25) is 0 Å². The highest BCUT2D eigenvalue weighted by Crippen LogP contribution is 2.31. The number of hydrogen-bond acceptors (Lipinski definition) is 2. The monoisotopic (exact) mass is 256 g/mol. The van der Waals surface area contributed by atoms with Gasteiger partial charge >= 0.3 is 0 Å². The Bertz CT molecular complexity index is 409. The van der Waals surface area contributed by atoms with Gasteiger partial charge in [0.05, 0.1) is 6.10 Å². The molecule has 1 aliphatic rings. The van der Waals surface area contributed by atoms with E-state index in [1.807, 2.05) is 0 Å². The molecular weight excluding hydrogens is 238 g/mol. The number of halogens is 2. The van der Waals surface area contributed by atoms with Crippen molar-refractivity contribution in [3.63, 3.8) is 0 Å². The SMILES string of the molecule is CCC1CCC(O)C(Oc2cc(F)ccc2F)C1. The summed E-state index contributed by atoms with van der Waals surface area (Å²) in [7, 11) is 0. The summed E-state index contributed by atoms with van der Waals surface area (Å²) in [5.41, 5.74) is 0. The maximum atomic E-state index is 13.5. The number of rotatable bonds is 3. The summed E-state index contributed by atoms with van der Waals surface area (Å²) in [4.78, 5) is 0. The summed E-state index contributed by atoms with van der Waals surface area (Å²) >= 11 is 0. The zero-order valence-corrected chi connectivity index (χ0v) is 10.4. The van der Waals surface area contributed by atoms with E-state index in [1.165, 1.54) is 0 Å². The normalized spacial score (nSPS) is 28.1. The Hall–Kier alpha value is -1.16. The minimum absolute atomic E-state index is 0.115. The molecule has 1 fully saturated rings. The zero-order chi connectivity index (χ0) is 13.1. The van der Waals surface area contributed by atoms with Crippen LogP contribution in [0.2, 0.25) is 0 Å². The number of benzene rings is 1. The molecule has 4 heteroatoms. The first kappa shape index (κ1) is 13.3. The van der Waals surface area contributed by atoms with E-state index in [9.17, 15) is 13.9 Å². The second kappa shape index (κ2) is 5.65. The molecule has 0 heterocycles. The van der Waals surface area contributed by atoms with Gasteiger partial charge < -0.3 is 9.84 Å². The Balaban J connectivity index is 2.09. The van der Waals surface area contributed by atoms with Crippen LogP contribution in [0.3, 0.4) is 0 Å². The third-order valence-corrected chi connectivity index (χ3v) is 3.61. The summed E-state index contributed by atoms with van der Waals surface area (Å²) in [6.45, 7) is 2.09. The average molecular weight is 256 g/mol. The molecule has 100 valence electrons. The third kappa shape index (κ3) is 2.99. The van der Waals surface area contributed by atoms with E-state index < -0.39 is 23.8 Å². The zero-order valence-electron chi connectivity index (χ0n) is 10.4. The molecular formula is C14H18F2O2. The van der Waals surface area contributed by atoms with Crippen molar-refractivity contribution < 1.29 is 18.6 Å². The fraction of sp³-hybridized carbons (Fsp3) is 0.571. The second-order valence-electron chi connectivity index (χ2n) is 4.89. The van der Waals surface area contributed by atoms with Crippen molar-refractivity contribution in [1.82, 2.24) is 0 Å². The largest absolute Gasteiger partial charge is 0.485 e. The second-order valence-corrected chi connectivity index (χ2v) is 4.89. The quantitative estimate of drug-likeness (QED) is 0.899. The lowest BCUT2D eigenvalue weighted by molar-refractivity contribution is -0.0127. The third-order valence-electron chi connectivity index (χ3n) is 3.61. The smallest absolute Gasteiger partial charge is 0.165 e. The standard InChI is InChI=1S/C14H18F2O2/c1-2-9-3-6-12(17)14(7-9)18-13-8-10(15)4-5-11(13)16/h4-5,8-9,12,14,17H,2-3,6-7H2,1H3. The number of hydrogen-bond donors (Lipinski definition) is 1. The molecule has 0 amide bonds. The molecule has 1 aliphatic carbocycles. The van der Waals surface area contributed by atoms with Crippen molar-refractivity contribution in [1.29, 1.82) is 0 Å². The lowest BCUT2D eigenvalue weighted by Gasteiger charge is -2.33. The van der Waals surface area contributed by atoms with E-state index in [-0.39, 0.29) is 5.75 Å². The Morgan fingerprint density at radius 1 is 1.33 bits per heavy atom. The van der Waals surface area contributed by atoms with Crippen molar-refractivity contribution in [2.75, 3.05) is 0 Å². The fourth-order valence-electron chi connectivity index (χ4n) is 2.42. The highest BCUT2D eigenvalue weighted by molar-refractivity contribution is 5.25.